The van der Waals surface area contributed by atoms with E-state index in [2.05, 4.69) is 29.4 Å². The summed E-state index contributed by atoms with van der Waals surface area (Å²) in [6.45, 7) is 3.42. The second kappa shape index (κ2) is 5.94. The van der Waals surface area contributed by atoms with E-state index >= 15 is 0 Å². The number of nitrogens with one attached hydrogen (secondary N) is 2. The summed E-state index contributed by atoms with van der Waals surface area (Å²) >= 11 is 0. The number of aromatic nitrogens is 1. The first-order valence-electron chi connectivity index (χ1n) is 7.10. The van der Waals surface area contributed by atoms with Crippen LogP contribution in [0.1, 0.15) is 16.7 Å². The Bertz CT molecular complexity index is 821. The van der Waals surface area contributed by atoms with Crippen LogP contribution < -0.4 is 10.9 Å². The molecule has 0 atom stereocenters. The van der Waals surface area contributed by atoms with Crippen molar-refractivity contribution in [2.45, 2.75) is 20.0 Å². The number of aryl methyl sites for hydroxylation is 1. The second-order valence-electron chi connectivity index (χ2n) is 5.24. The smallest absolute Gasteiger partial charge is 0.252 e. The van der Waals surface area contributed by atoms with Crippen molar-refractivity contribution in [1.29, 1.82) is 0 Å². The fourth-order valence-electron chi connectivity index (χ4n) is 2.46. The maximum Gasteiger partial charge on any atom is 0.252 e. The van der Waals surface area contributed by atoms with Crippen LogP contribution in [-0.2, 0) is 13.1 Å². The Labute approximate surface area is 123 Å². The molecule has 0 amide bonds. The van der Waals surface area contributed by atoms with Gasteiger partial charge in [-0.05, 0) is 35.6 Å². The summed E-state index contributed by atoms with van der Waals surface area (Å²) in [5.74, 6) is 0. The zero-order chi connectivity index (χ0) is 14.7. The highest BCUT2D eigenvalue weighted by atomic mass is 16.1. The molecule has 0 aliphatic rings. The maximum atomic E-state index is 12.0. The molecule has 1 aromatic heterocycles. The van der Waals surface area contributed by atoms with Crippen LogP contribution in [0.15, 0.2) is 59.4 Å². The van der Waals surface area contributed by atoms with Gasteiger partial charge in [0.2, 0.25) is 0 Å². The van der Waals surface area contributed by atoms with Crippen molar-refractivity contribution in [2.24, 2.45) is 0 Å². The molecule has 2 N–H and O–H groups in total. The van der Waals surface area contributed by atoms with E-state index in [0.29, 0.717) is 6.54 Å². The summed E-state index contributed by atoms with van der Waals surface area (Å²) in [5.41, 5.74) is 4.14. The minimum atomic E-state index is -0.0222. The Hall–Kier alpha value is -2.39. The number of hydrogen-bond donors (Lipinski definition) is 2. The van der Waals surface area contributed by atoms with Gasteiger partial charge in [-0.1, -0.05) is 42.5 Å². The van der Waals surface area contributed by atoms with Crippen molar-refractivity contribution >= 4 is 10.9 Å². The Morgan fingerprint density at radius 2 is 1.67 bits per heavy atom. The fraction of sp³-hybridized carbons (Fsp3) is 0.167. The zero-order valence-electron chi connectivity index (χ0n) is 12.0. The van der Waals surface area contributed by atoms with Gasteiger partial charge in [0.15, 0.2) is 0 Å². The molecule has 0 aliphatic heterocycles. The third-order valence-corrected chi connectivity index (χ3v) is 3.72. The molecule has 21 heavy (non-hydrogen) atoms. The lowest BCUT2D eigenvalue weighted by Crippen LogP contribution is -2.21. The van der Waals surface area contributed by atoms with Crippen molar-refractivity contribution in [3.63, 3.8) is 0 Å². The van der Waals surface area contributed by atoms with Gasteiger partial charge in [0.1, 0.15) is 0 Å². The van der Waals surface area contributed by atoms with Crippen LogP contribution in [0.4, 0.5) is 0 Å². The molecule has 3 rings (SSSR count). The third kappa shape index (κ3) is 3.03. The number of aromatic amines is 1. The van der Waals surface area contributed by atoms with Crippen molar-refractivity contribution in [3.8, 4) is 0 Å². The predicted molar refractivity (Wildman–Crippen MR) is 86.3 cm³/mol. The number of benzene rings is 2. The summed E-state index contributed by atoms with van der Waals surface area (Å²) < 4.78 is 0. The maximum absolute atomic E-state index is 12.0. The Morgan fingerprint density at radius 3 is 2.52 bits per heavy atom. The Morgan fingerprint density at radius 1 is 0.952 bits per heavy atom. The van der Waals surface area contributed by atoms with Gasteiger partial charge in [0, 0.05) is 24.2 Å². The van der Waals surface area contributed by atoms with Crippen molar-refractivity contribution in [3.05, 3.63) is 81.6 Å². The van der Waals surface area contributed by atoms with Crippen LogP contribution >= 0.6 is 0 Å². The lowest BCUT2D eigenvalue weighted by molar-refractivity contribution is 0.686. The fourth-order valence-corrected chi connectivity index (χ4v) is 2.46. The van der Waals surface area contributed by atoms with Gasteiger partial charge in [0.05, 0.1) is 0 Å². The number of H-pyrrole nitrogens is 1. The van der Waals surface area contributed by atoms with Gasteiger partial charge in [0.25, 0.3) is 5.56 Å². The van der Waals surface area contributed by atoms with Crippen LogP contribution in [0, 0.1) is 6.92 Å². The number of pyridine rings is 1. The van der Waals surface area contributed by atoms with Gasteiger partial charge in [-0.25, -0.2) is 0 Å². The van der Waals surface area contributed by atoms with Gasteiger partial charge < -0.3 is 10.3 Å². The summed E-state index contributed by atoms with van der Waals surface area (Å²) in [6.07, 6.45) is 0. The van der Waals surface area contributed by atoms with Crippen molar-refractivity contribution < 1.29 is 0 Å². The molecule has 3 heteroatoms. The zero-order valence-corrected chi connectivity index (χ0v) is 12.0. The molecule has 3 aromatic rings. The summed E-state index contributed by atoms with van der Waals surface area (Å²) in [6, 6.07) is 18.1. The van der Waals surface area contributed by atoms with Gasteiger partial charge >= 0.3 is 0 Å². The minimum absolute atomic E-state index is 0.0222. The van der Waals surface area contributed by atoms with E-state index in [-0.39, 0.29) is 5.56 Å². The van der Waals surface area contributed by atoms with Crippen LogP contribution in [0.25, 0.3) is 10.9 Å². The van der Waals surface area contributed by atoms with E-state index in [1.54, 1.807) is 0 Å². The molecule has 1 heterocycles. The van der Waals surface area contributed by atoms with E-state index in [4.69, 9.17) is 0 Å². The van der Waals surface area contributed by atoms with Crippen molar-refractivity contribution in [2.75, 3.05) is 0 Å². The molecular weight excluding hydrogens is 260 g/mol. The molecule has 0 saturated heterocycles. The standard InChI is InChI=1S/C18H18N2O/c1-13-6-2-3-8-15(13)11-19-12-16-10-14-7-4-5-9-17(14)20-18(16)21/h2-10,19H,11-12H2,1H3,(H,20,21). The predicted octanol–water partition coefficient (Wildman–Crippen LogP) is 3.13. The molecule has 0 bridgehead atoms. The first-order chi connectivity index (χ1) is 10.2. The molecule has 0 spiro atoms. The van der Waals surface area contributed by atoms with Gasteiger partial charge in [-0.2, -0.15) is 0 Å². The van der Waals surface area contributed by atoms with Crippen LogP contribution in [0.3, 0.4) is 0 Å². The SMILES string of the molecule is Cc1ccccc1CNCc1cc2ccccc2[nH]c1=O. The van der Waals surface area contributed by atoms with Crippen LogP contribution in [-0.4, -0.2) is 4.98 Å². The quantitative estimate of drug-likeness (QED) is 0.770. The largest absolute Gasteiger partial charge is 0.322 e. The lowest BCUT2D eigenvalue weighted by Gasteiger charge is -2.08. The van der Waals surface area contributed by atoms with E-state index in [1.165, 1.54) is 11.1 Å². The molecule has 0 saturated carbocycles. The summed E-state index contributed by atoms with van der Waals surface area (Å²) in [5, 5.41) is 4.40. The van der Waals surface area contributed by atoms with Gasteiger partial charge in [-0.3, -0.25) is 4.79 Å². The molecule has 0 unspecified atom stereocenters. The number of hydrogen-bond acceptors (Lipinski definition) is 2. The average Bonchev–Trinajstić information content (AvgIpc) is 2.49. The molecule has 0 fully saturated rings. The molecule has 3 nitrogen and oxygen atoms in total. The molecule has 0 radical (unpaired) electrons. The monoisotopic (exact) mass is 278 g/mol. The Balaban J connectivity index is 1.75. The number of rotatable bonds is 4. The summed E-state index contributed by atoms with van der Waals surface area (Å²) in [7, 11) is 0. The second-order valence-corrected chi connectivity index (χ2v) is 5.24. The minimum Gasteiger partial charge on any atom is -0.322 e. The lowest BCUT2D eigenvalue weighted by atomic mass is 10.1. The molecule has 106 valence electrons. The average molecular weight is 278 g/mol. The van der Waals surface area contributed by atoms with E-state index in [1.807, 2.05) is 42.5 Å². The molecular formula is C18H18N2O. The van der Waals surface area contributed by atoms with Crippen LogP contribution in [0.5, 0.6) is 0 Å². The number of para-hydroxylation sites is 1. The molecule has 0 aliphatic carbocycles. The van der Waals surface area contributed by atoms with E-state index < -0.39 is 0 Å². The van der Waals surface area contributed by atoms with E-state index in [9.17, 15) is 4.79 Å². The third-order valence-electron chi connectivity index (χ3n) is 3.72. The topological polar surface area (TPSA) is 44.9 Å². The van der Waals surface area contributed by atoms with Crippen LogP contribution in [0.2, 0.25) is 0 Å². The molecule has 2 aromatic carbocycles. The highest BCUT2D eigenvalue weighted by Crippen LogP contribution is 2.10. The number of fused-ring (bicyclic) bond motifs is 1. The highest BCUT2D eigenvalue weighted by Gasteiger charge is 2.03. The first-order valence-corrected chi connectivity index (χ1v) is 7.10. The summed E-state index contributed by atoms with van der Waals surface area (Å²) in [4.78, 5) is 15.0. The van der Waals surface area contributed by atoms with Gasteiger partial charge in [-0.15, -0.1) is 0 Å². The van der Waals surface area contributed by atoms with Crippen molar-refractivity contribution in [1.82, 2.24) is 10.3 Å². The normalized spacial score (nSPS) is 10.9. The first kappa shape index (κ1) is 13.6. The highest BCUT2D eigenvalue weighted by molar-refractivity contribution is 5.78. The Kier molecular flexibility index (Phi) is 3.84. The van der Waals surface area contributed by atoms with E-state index in [0.717, 1.165) is 23.0 Å².